The normalized spacial score (nSPS) is 21.7. The lowest BCUT2D eigenvalue weighted by molar-refractivity contribution is -0.142. The van der Waals surface area contributed by atoms with E-state index in [-0.39, 0.29) is 17.9 Å². The molecule has 7 heteroatoms. The highest BCUT2D eigenvalue weighted by Crippen LogP contribution is 2.16. The van der Waals surface area contributed by atoms with Crippen molar-refractivity contribution >= 4 is 40.1 Å². The van der Waals surface area contributed by atoms with Crippen molar-refractivity contribution < 1.29 is 14.3 Å². The average Bonchev–Trinajstić information content (AvgIpc) is 3.11. The monoisotopic (exact) mass is 443 g/mol. The van der Waals surface area contributed by atoms with Crippen LogP contribution in [0.15, 0.2) is 24.3 Å². The zero-order valence-corrected chi connectivity index (χ0v) is 15.7. The Labute approximate surface area is 155 Å². The molecule has 2 amide bonds. The molecule has 130 valence electrons. The molecule has 24 heavy (non-hydrogen) atoms. The fourth-order valence-electron chi connectivity index (χ4n) is 3.04. The number of ether oxygens (including phenoxy) is 1. The highest BCUT2D eigenvalue weighted by Gasteiger charge is 2.30. The van der Waals surface area contributed by atoms with E-state index in [0.717, 1.165) is 35.2 Å². The van der Waals surface area contributed by atoms with Crippen molar-refractivity contribution in [3.63, 3.8) is 0 Å². The van der Waals surface area contributed by atoms with Crippen molar-refractivity contribution in [1.29, 1.82) is 0 Å². The number of amides is 2. The second-order valence-electron chi connectivity index (χ2n) is 6.16. The predicted octanol–water partition coefficient (Wildman–Crippen LogP) is 1.55. The minimum absolute atomic E-state index is 0.0184. The number of carbonyl (C=O) groups excluding carboxylic acids is 2. The van der Waals surface area contributed by atoms with E-state index in [0.29, 0.717) is 26.2 Å². The molecule has 1 aromatic carbocycles. The fourth-order valence-corrected chi connectivity index (χ4v) is 3.40. The second-order valence-corrected chi connectivity index (χ2v) is 7.40. The van der Waals surface area contributed by atoms with Crippen LogP contribution in [0.25, 0.3) is 0 Å². The molecule has 0 aromatic heterocycles. The number of halogens is 1. The van der Waals surface area contributed by atoms with Crippen molar-refractivity contribution in [2.75, 3.05) is 44.6 Å². The van der Waals surface area contributed by atoms with E-state index in [4.69, 9.17) is 4.74 Å². The van der Waals surface area contributed by atoms with Crippen LogP contribution in [0.4, 0.5) is 5.69 Å². The maximum absolute atomic E-state index is 12.3. The number of nitrogens with one attached hydrogen (secondary N) is 1. The largest absolute Gasteiger partial charge is 0.368 e. The third kappa shape index (κ3) is 4.67. The summed E-state index contributed by atoms with van der Waals surface area (Å²) in [7, 11) is 0. The quantitative estimate of drug-likeness (QED) is 0.718. The molecule has 0 saturated carbocycles. The first-order chi connectivity index (χ1) is 11.6. The number of anilines is 1. The van der Waals surface area contributed by atoms with Gasteiger partial charge in [-0.05, 0) is 59.7 Å². The molecule has 1 aromatic rings. The van der Waals surface area contributed by atoms with Crippen LogP contribution in [0.5, 0.6) is 0 Å². The van der Waals surface area contributed by atoms with Gasteiger partial charge in [0.2, 0.25) is 5.91 Å². The van der Waals surface area contributed by atoms with Gasteiger partial charge in [-0.2, -0.15) is 0 Å². The van der Waals surface area contributed by atoms with Gasteiger partial charge in [-0.1, -0.05) is 0 Å². The maximum Gasteiger partial charge on any atom is 0.251 e. The van der Waals surface area contributed by atoms with Crippen LogP contribution in [-0.4, -0.2) is 67.0 Å². The average molecular weight is 443 g/mol. The Balaban J connectivity index is 1.42. The Hall–Kier alpha value is -1.19. The zero-order valence-electron chi connectivity index (χ0n) is 13.5. The van der Waals surface area contributed by atoms with E-state index >= 15 is 0 Å². The third-order valence-electron chi connectivity index (χ3n) is 4.38. The lowest BCUT2D eigenvalue weighted by Gasteiger charge is -2.35. The summed E-state index contributed by atoms with van der Waals surface area (Å²) < 4.78 is 6.60. The Morgan fingerprint density at radius 2 is 1.88 bits per heavy atom. The molecule has 2 aliphatic heterocycles. The number of piperazine rings is 1. The SMILES string of the molecule is O=C(CN1CCN(C(=O)C2CCCO2)CC1)Nc1ccc(I)cc1. The summed E-state index contributed by atoms with van der Waals surface area (Å²) in [6.07, 6.45) is 1.55. The molecule has 2 saturated heterocycles. The van der Waals surface area contributed by atoms with Crippen LogP contribution in [-0.2, 0) is 14.3 Å². The van der Waals surface area contributed by atoms with Gasteiger partial charge in [-0.15, -0.1) is 0 Å². The molecular formula is C17H22IN3O3. The Bertz CT molecular complexity index is 579. The summed E-state index contributed by atoms with van der Waals surface area (Å²) in [6.45, 7) is 3.81. The Morgan fingerprint density at radius 1 is 1.17 bits per heavy atom. The molecule has 0 spiro atoms. The molecule has 3 rings (SSSR count). The van der Waals surface area contributed by atoms with Gasteiger partial charge in [-0.25, -0.2) is 0 Å². The molecule has 1 atom stereocenters. The van der Waals surface area contributed by atoms with E-state index in [2.05, 4.69) is 32.8 Å². The van der Waals surface area contributed by atoms with Crippen LogP contribution in [0, 0.1) is 3.57 Å². The topological polar surface area (TPSA) is 61.9 Å². The summed E-state index contributed by atoms with van der Waals surface area (Å²) in [5, 5.41) is 2.91. The van der Waals surface area contributed by atoms with Gasteiger partial charge in [0.25, 0.3) is 5.91 Å². The van der Waals surface area contributed by atoms with Gasteiger partial charge in [0.05, 0.1) is 6.54 Å². The molecule has 2 fully saturated rings. The van der Waals surface area contributed by atoms with Gasteiger partial charge in [0.1, 0.15) is 6.10 Å². The molecule has 6 nitrogen and oxygen atoms in total. The summed E-state index contributed by atoms with van der Waals surface area (Å²) in [5.74, 6) is 0.0885. The van der Waals surface area contributed by atoms with Crippen molar-refractivity contribution in [3.05, 3.63) is 27.8 Å². The Kier molecular flexibility index (Phi) is 6.07. The van der Waals surface area contributed by atoms with Gasteiger partial charge in [0, 0.05) is 42.0 Å². The van der Waals surface area contributed by atoms with Crippen LogP contribution < -0.4 is 5.32 Å². The highest BCUT2D eigenvalue weighted by atomic mass is 127. The van der Waals surface area contributed by atoms with Gasteiger partial charge >= 0.3 is 0 Å². The molecule has 0 aliphatic carbocycles. The lowest BCUT2D eigenvalue weighted by atomic mass is 10.2. The number of hydrogen-bond acceptors (Lipinski definition) is 4. The number of benzene rings is 1. The zero-order chi connectivity index (χ0) is 16.9. The highest BCUT2D eigenvalue weighted by molar-refractivity contribution is 14.1. The molecule has 1 N–H and O–H groups in total. The molecule has 0 radical (unpaired) electrons. The number of rotatable bonds is 4. The summed E-state index contributed by atoms with van der Waals surface area (Å²) >= 11 is 2.23. The first kappa shape index (κ1) is 17.6. The van der Waals surface area contributed by atoms with Gasteiger partial charge in [-0.3, -0.25) is 14.5 Å². The Morgan fingerprint density at radius 3 is 2.50 bits per heavy atom. The minimum Gasteiger partial charge on any atom is -0.368 e. The van der Waals surface area contributed by atoms with Crippen molar-refractivity contribution in [2.24, 2.45) is 0 Å². The molecule has 2 heterocycles. The van der Waals surface area contributed by atoms with E-state index in [1.807, 2.05) is 29.2 Å². The van der Waals surface area contributed by atoms with E-state index < -0.39 is 0 Å². The van der Waals surface area contributed by atoms with E-state index in [1.165, 1.54) is 0 Å². The van der Waals surface area contributed by atoms with Crippen LogP contribution >= 0.6 is 22.6 Å². The van der Waals surface area contributed by atoms with Gasteiger partial charge in [0.15, 0.2) is 0 Å². The van der Waals surface area contributed by atoms with E-state index in [9.17, 15) is 9.59 Å². The summed E-state index contributed by atoms with van der Waals surface area (Å²) in [5.41, 5.74) is 0.813. The van der Waals surface area contributed by atoms with Crippen LogP contribution in [0.3, 0.4) is 0 Å². The first-order valence-electron chi connectivity index (χ1n) is 8.30. The van der Waals surface area contributed by atoms with Crippen LogP contribution in [0.1, 0.15) is 12.8 Å². The lowest BCUT2D eigenvalue weighted by Crippen LogP contribution is -2.52. The van der Waals surface area contributed by atoms with E-state index in [1.54, 1.807) is 0 Å². The molecule has 1 unspecified atom stereocenters. The van der Waals surface area contributed by atoms with Gasteiger partial charge < -0.3 is 15.0 Å². The standard InChI is InChI=1S/C17H22IN3O3/c18-13-3-5-14(6-4-13)19-16(22)12-20-7-9-21(10-8-20)17(23)15-2-1-11-24-15/h3-6,15H,1-2,7-12H2,(H,19,22). The summed E-state index contributed by atoms with van der Waals surface area (Å²) in [4.78, 5) is 28.4. The second kappa shape index (κ2) is 8.26. The van der Waals surface area contributed by atoms with Crippen molar-refractivity contribution in [2.45, 2.75) is 18.9 Å². The molecule has 2 aliphatic rings. The number of carbonyl (C=O) groups is 2. The predicted molar refractivity (Wildman–Crippen MR) is 99.8 cm³/mol. The van der Waals surface area contributed by atoms with Crippen molar-refractivity contribution in [1.82, 2.24) is 9.80 Å². The maximum atomic E-state index is 12.3. The van der Waals surface area contributed by atoms with Crippen molar-refractivity contribution in [3.8, 4) is 0 Å². The summed E-state index contributed by atoms with van der Waals surface area (Å²) in [6, 6.07) is 7.73. The van der Waals surface area contributed by atoms with Crippen LogP contribution in [0.2, 0.25) is 0 Å². The fraction of sp³-hybridized carbons (Fsp3) is 0.529. The minimum atomic E-state index is -0.249. The number of hydrogen-bond donors (Lipinski definition) is 1. The molecular weight excluding hydrogens is 421 g/mol. The smallest absolute Gasteiger partial charge is 0.251 e. The third-order valence-corrected chi connectivity index (χ3v) is 5.10. The molecule has 0 bridgehead atoms. The number of nitrogens with zero attached hydrogens (tertiary/aromatic N) is 2. The first-order valence-corrected chi connectivity index (χ1v) is 9.38.